The topological polar surface area (TPSA) is 64.3 Å². The van der Waals surface area contributed by atoms with Crippen LogP contribution in [-0.4, -0.2) is 25.1 Å². The molecule has 0 aliphatic heterocycles. The van der Waals surface area contributed by atoms with Gasteiger partial charge in [0.2, 0.25) is 5.91 Å². The fourth-order valence-corrected chi connectivity index (χ4v) is 2.93. The van der Waals surface area contributed by atoms with E-state index in [-0.39, 0.29) is 29.8 Å². The highest BCUT2D eigenvalue weighted by atomic mass is 35.5. The van der Waals surface area contributed by atoms with Crippen LogP contribution >= 0.6 is 12.4 Å². The molecule has 3 N–H and O–H groups in total. The lowest BCUT2D eigenvalue weighted by atomic mass is 9.90. The van der Waals surface area contributed by atoms with E-state index in [0.717, 1.165) is 34.9 Å². The van der Waals surface area contributed by atoms with Gasteiger partial charge in [-0.1, -0.05) is 38.1 Å². The third-order valence-corrected chi connectivity index (χ3v) is 5.10. The highest BCUT2D eigenvalue weighted by Gasteiger charge is 2.28. The number of hydrogen-bond donors (Lipinski definition) is 2. The van der Waals surface area contributed by atoms with Gasteiger partial charge in [-0.2, -0.15) is 0 Å². The van der Waals surface area contributed by atoms with Gasteiger partial charge >= 0.3 is 0 Å². The Morgan fingerprint density at radius 1 is 1.16 bits per heavy atom. The van der Waals surface area contributed by atoms with Gasteiger partial charge in [-0.3, -0.25) is 4.79 Å². The van der Waals surface area contributed by atoms with Crippen molar-refractivity contribution in [2.24, 2.45) is 5.73 Å². The van der Waals surface area contributed by atoms with Gasteiger partial charge in [0.05, 0.1) is 18.6 Å². The number of halogens is 1. The number of amides is 1. The second-order valence-corrected chi connectivity index (χ2v) is 6.38. The third kappa shape index (κ3) is 4.65. The summed E-state index contributed by atoms with van der Waals surface area (Å²) in [6, 6.07) is 12.1. The second-order valence-electron chi connectivity index (χ2n) is 6.38. The van der Waals surface area contributed by atoms with Crippen LogP contribution in [0.5, 0.6) is 5.75 Å². The fraction of sp³-hybridized carbons (Fsp3) is 0.450. The number of hydrogen-bond acceptors (Lipinski definition) is 3. The number of carbonyl (C=O) groups is 1. The number of fused-ring (bicyclic) bond motifs is 1. The standard InChI is InChI=1S/C20H28N2O2.ClH/c1-5-20(6-2,13-21)22-19(23)14(3)15-7-8-17-12-18(24-4)10-9-16(17)11-15;/h7-12,14H,5-6,13,21H2,1-4H3,(H,22,23);1H. The van der Waals surface area contributed by atoms with Gasteiger partial charge in [0.15, 0.2) is 0 Å². The van der Waals surface area contributed by atoms with Gasteiger partial charge in [0.1, 0.15) is 5.75 Å². The van der Waals surface area contributed by atoms with Gasteiger partial charge in [-0.25, -0.2) is 0 Å². The average molecular weight is 365 g/mol. The van der Waals surface area contributed by atoms with Gasteiger partial charge < -0.3 is 15.8 Å². The Labute approximate surface area is 156 Å². The van der Waals surface area contributed by atoms with Crippen LogP contribution in [0, 0.1) is 0 Å². The minimum atomic E-state index is -0.310. The van der Waals surface area contributed by atoms with Gasteiger partial charge in [-0.15, -0.1) is 12.4 Å². The average Bonchev–Trinajstić information content (AvgIpc) is 2.64. The zero-order valence-corrected chi connectivity index (χ0v) is 16.3. The molecule has 0 aliphatic carbocycles. The number of ether oxygens (including phenoxy) is 1. The van der Waals surface area contributed by atoms with Crippen molar-refractivity contribution in [3.8, 4) is 5.75 Å². The number of benzene rings is 2. The molecule has 4 nitrogen and oxygen atoms in total. The molecule has 0 bridgehead atoms. The van der Waals surface area contributed by atoms with Crippen molar-refractivity contribution in [1.29, 1.82) is 0 Å². The molecule has 5 heteroatoms. The van der Waals surface area contributed by atoms with Crippen LogP contribution in [0.15, 0.2) is 36.4 Å². The van der Waals surface area contributed by atoms with Crippen molar-refractivity contribution >= 4 is 29.1 Å². The van der Waals surface area contributed by atoms with Crippen LogP contribution in [0.1, 0.15) is 45.1 Å². The first-order chi connectivity index (χ1) is 11.5. The fourth-order valence-electron chi connectivity index (χ4n) is 2.93. The van der Waals surface area contributed by atoms with E-state index >= 15 is 0 Å². The van der Waals surface area contributed by atoms with Crippen LogP contribution in [0.3, 0.4) is 0 Å². The molecule has 1 amide bonds. The van der Waals surface area contributed by atoms with E-state index in [0.29, 0.717) is 6.54 Å². The molecule has 0 spiro atoms. The van der Waals surface area contributed by atoms with E-state index in [1.165, 1.54) is 0 Å². The molecular weight excluding hydrogens is 336 g/mol. The lowest BCUT2D eigenvalue weighted by Crippen LogP contribution is -2.53. The van der Waals surface area contributed by atoms with Crippen molar-refractivity contribution in [3.63, 3.8) is 0 Å². The Bertz CT molecular complexity index is 706. The van der Waals surface area contributed by atoms with Crippen molar-refractivity contribution in [1.82, 2.24) is 5.32 Å². The maximum atomic E-state index is 12.7. The van der Waals surface area contributed by atoms with Crippen LogP contribution in [0.2, 0.25) is 0 Å². The Morgan fingerprint density at radius 2 is 1.76 bits per heavy atom. The zero-order chi connectivity index (χ0) is 17.7. The lowest BCUT2D eigenvalue weighted by molar-refractivity contribution is -0.124. The summed E-state index contributed by atoms with van der Waals surface area (Å²) < 4.78 is 5.25. The maximum absolute atomic E-state index is 12.7. The largest absolute Gasteiger partial charge is 0.497 e. The van der Waals surface area contributed by atoms with Crippen molar-refractivity contribution < 1.29 is 9.53 Å². The molecule has 2 aromatic carbocycles. The van der Waals surface area contributed by atoms with Crippen molar-refractivity contribution in [2.45, 2.75) is 45.1 Å². The van der Waals surface area contributed by atoms with Gasteiger partial charge in [0, 0.05) is 6.54 Å². The Morgan fingerprint density at radius 3 is 2.32 bits per heavy atom. The minimum absolute atomic E-state index is 0. The number of rotatable bonds is 7. The SMILES string of the molecule is CCC(CC)(CN)NC(=O)C(C)c1ccc2cc(OC)ccc2c1.Cl. The number of methoxy groups -OCH3 is 1. The van der Waals surface area contributed by atoms with Crippen LogP contribution in [-0.2, 0) is 4.79 Å². The first kappa shape index (κ1) is 21.3. The molecule has 138 valence electrons. The molecule has 1 unspecified atom stereocenters. The highest BCUT2D eigenvalue weighted by molar-refractivity contribution is 5.88. The summed E-state index contributed by atoms with van der Waals surface area (Å²) in [4.78, 5) is 12.7. The molecule has 0 fully saturated rings. The van der Waals surface area contributed by atoms with Crippen LogP contribution < -0.4 is 15.8 Å². The predicted molar refractivity (Wildman–Crippen MR) is 107 cm³/mol. The molecule has 1 atom stereocenters. The minimum Gasteiger partial charge on any atom is -0.497 e. The second kappa shape index (κ2) is 9.07. The molecule has 2 aromatic rings. The highest BCUT2D eigenvalue weighted by Crippen LogP contribution is 2.26. The summed E-state index contributed by atoms with van der Waals surface area (Å²) in [5, 5.41) is 5.36. The Balaban J connectivity index is 0.00000312. The third-order valence-electron chi connectivity index (χ3n) is 5.10. The van der Waals surface area contributed by atoms with Crippen molar-refractivity contribution in [3.05, 3.63) is 42.0 Å². The smallest absolute Gasteiger partial charge is 0.227 e. The molecule has 25 heavy (non-hydrogen) atoms. The van der Waals surface area contributed by atoms with E-state index in [9.17, 15) is 4.79 Å². The summed E-state index contributed by atoms with van der Waals surface area (Å²) in [5.74, 6) is 0.636. The molecule has 0 heterocycles. The summed E-state index contributed by atoms with van der Waals surface area (Å²) in [7, 11) is 1.66. The lowest BCUT2D eigenvalue weighted by Gasteiger charge is -2.32. The van der Waals surface area contributed by atoms with Crippen LogP contribution in [0.25, 0.3) is 10.8 Å². The summed E-state index contributed by atoms with van der Waals surface area (Å²) in [6.45, 7) is 6.51. The molecule has 0 aliphatic rings. The molecule has 0 saturated carbocycles. The predicted octanol–water partition coefficient (Wildman–Crippen LogP) is 4.01. The first-order valence-corrected chi connectivity index (χ1v) is 8.58. The van der Waals surface area contributed by atoms with E-state index in [2.05, 4.69) is 25.2 Å². The maximum Gasteiger partial charge on any atom is 0.227 e. The van der Waals surface area contributed by atoms with E-state index in [1.807, 2.05) is 37.3 Å². The first-order valence-electron chi connectivity index (χ1n) is 8.58. The Hall–Kier alpha value is -1.78. The van der Waals surface area contributed by atoms with Gasteiger partial charge in [-0.05, 0) is 48.2 Å². The summed E-state index contributed by atoms with van der Waals surface area (Å²) in [6.07, 6.45) is 1.66. The van der Waals surface area contributed by atoms with E-state index < -0.39 is 0 Å². The Kier molecular flexibility index (Phi) is 7.71. The molecule has 0 saturated heterocycles. The number of nitrogens with one attached hydrogen (secondary N) is 1. The molecule has 0 aromatic heterocycles. The quantitative estimate of drug-likeness (QED) is 0.780. The van der Waals surface area contributed by atoms with Crippen molar-refractivity contribution in [2.75, 3.05) is 13.7 Å². The summed E-state index contributed by atoms with van der Waals surface area (Å²) >= 11 is 0. The molecular formula is C20H29ClN2O2. The van der Waals surface area contributed by atoms with E-state index in [1.54, 1.807) is 7.11 Å². The number of nitrogens with two attached hydrogens (primary N) is 1. The molecule has 2 rings (SSSR count). The monoisotopic (exact) mass is 364 g/mol. The van der Waals surface area contributed by atoms with Gasteiger partial charge in [0.25, 0.3) is 0 Å². The number of carbonyl (C=O) groups excluding carboxylic acids is 1. The normalized spacial score (nSPS) is 12.4. The van der Waals surface area contributed by atoms with Crippen LogP contribution in [0.4, 0.5) is 0 Å². The zero-order valence-electron chi connectivity index (χ0n) is 15.5. The summed E-state index contributed by atoms with van der Waals surface area (Å²) in [5.41, 5.74) is 6.58. The van der Waals surface area contributed by atoms with E-state index in [4.69, 9.17) is 10.5 Å². The molecule has 0 radical (unpaired) electrons.